The highest BCUT2D eigenvalue weighted by Crippen LogP contribution is 2.26. The minimum absolute atomic E-state index is 0.300. The summed E-state index contributed by atoms with van der Waals surface area (Å²) < 4.78 is 1.21. The van der Waals surface area contributed by atoms with E-state index in [0.29, 0.717) is 12.3 Å². The number of hydrogen-bond acceptors (Lipinski definition) is 3. The predicted octanol–water partition coefficient (Wildman–Crippen LogP) is 3.30. The molecule has 0 N–H and O–H groups in total. The lowest BCUT2D eigenvalue weighted by molar-refractivity contribution is -0.108. The van der Waals surface area contributed by atoms with E-state index in [-0.39, 0.29) is 0 Å². The fourth-order valence-electron chi connectivity index (χ4n) is 1.64. The van der Waals surface area contributed by atoms with Gasteiger partial charge in [0.2, 0.25) is 0 Å². The Kier molecular flexibility index (Phi) is 2.82. The van der Waals surface area contributed by atoms with Gasteiger partial charge in [-0.3, -0.25) is 0 Å². The van der Waals surface area contributed by atoms with E-state index >= 15 is 0 Å². The highest BCUT2D eigenvalue weighted by atomic mass is 32.1. The standard InChI is InChI=1S/C12H13NOS/c1-8(5-6-14)10-3-4-11-12(7-10)15-9(2)13-11/h3-4,6-8H,5H2,1-2H3. The van der Waals surface area contributed by atoms with Crippen LogP contribution in [0.1, 0.15) is 29.8 Å². The van der Waals surface area contributed by atoms with E-state index in [4.69, 9.17) is 0 Å². The maximum absolute atomic E-state index is 10.4. The topological polar surface area (TPSA) is 30.0 Å². The number of carbonyl (C=O) groups is 1. The molecule has 1 heterocycles. The number of fused-ring (bicyclic) bond motifs is 1. The van der Waals surface area contributed by atoms with Crippen molar-refractivity contribution in [1.82, 2.24) is 4.98 Å². The summed E-state index contributed by atoms with van der Waals surface area (Å²) in [5, 5.41) is 1.09. The van der Waals surface area contributed by atoms with Crippen LogP contribution in [0, 0.1) is 6.92 Å². The van der Waals surface area contributed by atoms with Crippen LogP contribution in [0.5, 0.6) is 0 Å². The van der Waals surface area contributed by atoms with E-state index in [1.54, 1.807) is 11.3 Å². The first-order valence-electron chi connectivity index (χ1n) is 5.01. The molecule has 0 saturated carbocycles. The Labute approximate surface area is 93.0 Å². The summed E-state index contributed by atoms with van der Waals surface area (Å²) in [7, 11) is 0. The highest BCUT2D eigenvalue weighted by molar-refractivity contribution is 7.18. The smallest absolute Gasteiger partial charge is 0.120 e. The molecule has 3 heteroatoms. The Hall–Kier alpha value is -1.22. The molecule has 0 fully saturated rings. The van der Waals surface area contributed by atoms with Crippen molar-refractivity contribution in [3.8, 4) is 0 Å². The normalized spacial score (nSPS) is 12.9. The zero-order chi connectivity index (χ0) is 10.8. The number of aryl methyl sites for hydroxylation is 1. The molecule has 2 nitrogen and oxygen atoms in total. The van der Waals surface area contributed by atoms with Gasteiger partial charge in [-0.15, -0.1) is 11.3 Å². The van der Waals surface area contributed by atoms with Crippen LogP contribution >= 0.6 is 11.3 Å². The Balaban J connectivity index is 2.41. The fraction of sp³-hybridized carbons (Fsp3) is 0.333. The van der Waals surface area contributed by atoms with E-state index in [0.717, 1.165) is 16.8 Å². The molecule has 1 aromatic carbocycles. The van der Waals surface area contributed by atoms with Crippen molar-refractivity contribution < 1.29 is 4.79 Å². The Morgan fingerprint density at radius 3 is 3.07 bits per heavy atom. The van der Waals surface area contributed by atoms with Gasteiger partial charge in [0.15, 0.2) is 0 Å². The second-order valence-corrected chi connectivity index (χ2v) is 5.00. The molecule has 2 rings (SSSR count). The predicted molar refractivity (Wildman–Crippen MR) is 63.5 cm³/mol. The number of aromatic nitrogens is 1. The van der Waals surface area contributed by atoms with Gasteiger partial charge in [-0.2, -0.15) is 0 Å². The molecule has 1 atom stereocenters. The molecule has 0 amide bonds. The molecular formula is C12H13NOS. The third kappa shape index (κ3) is 2.07. The molecule has 1 unspecified atom stereocenters. The van der Waals surface area contributed by atoms with E-state index in [1.165, 1.54) is 10.3 Å². The zero-order valence-corrected chi connectivity index (χ0v) is 9.67. The third-order valence-corrected chi connectivity index (χ3v) is 3.47. The first-order valence-corrected chi connectivity index (χ1v) is 5.83. The number of aldehydes is 1. The second-order valence-electron chi connectivity index (χ2n) is 3.76. The van der Waals surface area contributed by atoms with Crippen LogP contribution in [0.3, 0.4) is 0 Å². The van der Waals surface area contributed by atoms with E-state index < -0.39 is 0 Å². The van der Waals surface area contributed by atoms with Crippen LogP contribution in [-0.4, -0.2) is 11.3 Å². The van der Waals surface area contributed by atoms with Gasteiger partial charge in [-0.05, 0) is 30.5 Å². The van der Waals surface area contributed by atoms with Crippen molar-refractivity contribution in [2.75, 3.05) is 0 Å². The number of nitrogens with zero attached hydrogens (tertiary/aromatic N) is 1. The van der Waals surface area contributed by atoms with Crippen molar-refractivity contribution in [3.63, 3.8) is 0 Å². The monoisotopic (exact) mass is 219 g/mol. The minimum atomic E-state index is 0.300. The van der Waals surface area contributed by atoms with Crippen LogP contribution in [0.15, 0.2) is 18.2 Å². The lowest BCUT2D eigenvalue weighted by atomic mass is 9.98. The average molecular weight is 219 g/mol. The maximum atomic E-state index is 10.4. The summed E-state index contributed by atoms with van der Waals surface area (Å²) in [6.45, 7) is 4.09. The molecule has 0 aliphatic carbocycles. The minimum Gasteiger partial charge on any atom is -0.303 e. The molecule has 0 radical (unpaired) electrons. The van der Waals surface area contributed by atoms with Crippen molar-refractivity contribution >= 4 is 27.8 Å². The summed E-state index contributed by atoms with van der Waals surface area (Å²) in [6, 6.07) is 6.25. The van der Waals surface area contributed by atoms with Gasteiger partial charge in [-0.1, -0.05) is 13.0 Å². The Bertz CT molecular complexity index is 489. The summed E-state index contributed by atoms with van der Waals surface area (Å²) in [5.74, 6) is 0.300. The van der Waals surface area contributed by atoms with Crippen molar-refractivity contribution in [1.29, 1.82) is 0 Å². The highest BCUT2D eigenvalue weighted by Gasteiger charge is 2.07. The number of benzene rings is 1. The third-order valence-electron chi connectivity index (χ3n) is 2.54. The van der Waals surface area contributed by atoms with Crippen molar-refractivity contribution in [2.45, 2.75) is 26.2 Å². The molecule has 2 aromatic rings. The number of hydrogen-bond donors (Lipinski definition) is 0. The number of carbonyl (C=O) groups excluding carboxylic acids is 1. The number of thiazole rings is 1. The van der Waals surface area contributed by atoms with Crippen LogP contribution in [0.4, 0.5) is 0 Å². The van der Waals surface area contributed by atoms with Gasteiger partial charge in [0.25, 0.3) is 0 Å². The Morgan fingerprint density at radius 1 is 1.53 bits per heavy atom. The van der Waals surface area contributed by atoms with Gasteiger partial charge < -0.3 is 4.79 Å². The Morgan fingerprint density at radius 2 is 2.33 bits per heavy atom. The quantitative estimate of drug-likeness (QED) is 0.741. The largest absolute Gasteiger partial charge is 0.303 e. The fourth-order valence-corrected chi connectivity index (χ4v) is 2.52. The zero-order valence-electron chi connectivity index (χ0n) is 8.86. The van der Waals surface area contributed by atoms with Crippen LogP contribution < -0.4 is 0 Å². The van der Waals surface area contributed by atoms with E-state index in [2.05, 4.69) is 24.0 Å². The molecule has 0 saturated heterocycles. The lowest BCUT2D eigenvalue weighted by Crippen LogP contribution is -1.93. The molecule has 15 heavy (non-hydrogen) atoms. The van der Waals surface area contributed by atoms with Crippen LogP contribution in [0.25, 0.3) is 10.2 Å². The first kappa shape index (κ1) is 10.3. The first-order chi connectivity index (χ1) is 7.20. The van der Waals surface area contributed by atoms with Crippen LogP contribution in [-0.2, 0) is 4.79 Å². The molecular weight excluding hydrogens is 206 g/mol. The van der Waals surface area contributed by atoms with Gasteiger partial charge in [0, 0.05) is 6.42 Å². The maximum Gasteiger partial charge on any atom is 0.120 e. The average Bonchev–Trinajstić information content (AvgIpc) is 2.57. The molecule has 78 valence electrons. The van der Waals surface area contributed by atoms with E-state index in [9.17, 15) is 4.79 Å². The lowest BCUT2D eigenvalue weighted by Gasteiger charge is -2.07. The molecule has 0 spiro atoms. The number of rotatable bonds is 3. The van der Waals surface area contributed by atoms with Crippen molar-refractivity contribution in [2.24, 2.45) is 0 Å². The summed E-state index contributed by atoms with van der Waals surface area (Å²) in [6.07, 6.45) is 1.57. The van der Waals surface area contributed by atoms with Gasteiger partial charge in [0.05, 0.1) is 15.2 Å². The summed E-state index contributed by atoms with van der Waals surface area (Å²) >= 11 is 1.70. The summed E-state index contributed by atoms with van der Waals surface area (Å²) in [5.41, 5.74) is 2.28. The summed E-state index contributed by atoms with van der Waals surface area (Å²) in [4.78, 5) is 14.9. The molecule has 0 aliphatic rings. The molecule has 0 bridgehead atoms. The van der Waals surface area contributed by atoms with Gasteiger partial charge >= 0.3 is 0 Å². The van der Waals surface area contributed by atoms with Gasteiger partial charge in [0.1, 0.15) is 6.29 Å². The van der Waals surface area contributed by atoms with Gasteiger partial charge in [-0.25, -0.2) is 4.98 Å². The second kappa shape index (κ2) is 4.11. The van der Waals surface area contributed by atoms with Crippen LogP contribution in [0.2, 0.25) is 0 Å². The SMILES string of the molecule is Cc1nc2ccc(C(C)CC=O)cc2s1. The van der Waals surface area contributed by atoms with E-state index in [1.807, 2.05) is 13.0 Å². The molecule has 0 aliphatic heterocycles. The molecule has 1 aromatic heterocycles. The van der Waals surface area contributed by atoms with Crippen molar-refractivity contribution in [3.05, 3.63) is 28.8 Å².